The van der Waals surface area contributed by atoms with Crippen LogP contribution in [0, 0.1) is 12.3 Å². The fourth-order valence-corrected chi connectivity index (χ4v) is 1.95. The van der Waals surface area contributed by atoms with Crippen molar-refractivity contribution in [1.82, 2.24) is 5.32 Å². The molecule has 0 aliphatic carbocycles. The van der Waals surface area contributed by atoms with Gasteiger partial charge in [0, 0.05) is 0 Å². The molecule has 1 aromatic carbocycles. The minimum absolute atomic E-state index is 0.0269. The zero-order valence-corrected chi connectivity index (χ0v) is 9.66. The largest absolute Gasteiger partial charge is 0.493 e. The van der Waals surface area contributed by atoms with E-state index in [4.69, 9.17) is 11.2 Å². The summed E-state index contributed by atoms with van der Waals surface area (Å²) in [6, 6.07) is 5.73. The number of carbonyl (C=O) groups excluding carboxylic acids is 1. The molecule has 88 valence electrons. The molecule has 1 aliphatic rings. The molecule has 0 radical (unpaired) electrons. The van der Waals surface area contributed by atoms with Crippen molar-refractivity contribution in [2.75, 3.05) is 19.7 Å². The van der Waals surface area contributed by atoms with Crippen LogP contribution in [0.2, 0.25) is 0 Å². The third-order valence-electron chi connectivity index (χ3n) is 2.75. The third kappa shape index (κ3) is 2.66. The first-order chi connectivity index (χ1) is 8.33. The molecule has 0 bridgehead atoms. The van der Waals surface area contributed by atoms with Gasteiger partial charge >= 0.3 is 0 Å². The van der Waals surface area contributed by atoms with E-state index in [0.29, 0.717) is 18.7 Å². The lowest BCUT2D eigenvalue weighted by Gasteiger charge is -2.19. The number of para-hydroxylation sites is 1. The van der Waals surface area contributed by atoms with E-state index in [9.17, 15) is 4.79 Å². The van der Waals surface area contributed by atoms with Crippen LogP contribution in [0.5, 0.6) is 5.75 Å². The lowest BCUT2D eigenvalue weighted by molar-refractivity contribution is 0.0987. The number of fused-ring (bicyclic) bond motifs is 1. The highest BCUT2D eigenvalue weighted by Gasteiger charge is 2.18. The van der Waals surface area contributed by atoms with Crippen LogP contribution in [0.3, 0.4) is 0 Å². The molecule has 0 atom stereocenters. The number of hydrogen-bond acceptors (Lipinski definition) is 3. The van der Waals surface area contributed by atoms with Crippen molar-refractivity contribution in [3.8, 4) is 18.1 Å². The van der Waals surface area contributed by atoms with E-state index in [1.165, 1.54) is 0 Å². The smallest absolute Gasteiger partial charge is 0.180 e. The first-order valence-electron chi connectivity index (χ1n) is 5.75. The van der Waals surface area contributed by atoms with Gasteiger partial charge in [0.1, 0.15) is 5.75 Å². The molecule has 1 aromatic rings. The Morgan fingerprint density at radius 1 is 1.53 bits per heavy atom. The van der Waals surface area contributed by atoms with Gasteiger partial charge in [0.2, 0.25) is 0 Å². The molecule has 0 saturated heterocycles. The Bertz CT molecular complexity index is 460. The third-order valence-corrected chi connectivity index (χ3v) is 2.75. The summed E-state index contributed by atoms with van der Waals surface area (Å²) in [7, 11) is 0. The normalized spacial score (nSPS) is 13.4. The van der Waals surface area contributed by atoms with Gasteiger partial charge in [0.15, 0.2) is 5.78 Å². The van der Waals surface area contributed by atoms with Crippen LogP contribution in [-0.4, -0.2) is 25.5 Å². The average Bonchev–Trinajstić information content (AvgIpc) is 2.38. The molecule has 0 saturated carbocycles. The van der Waals surface area contributed by atoms with Crippen LogP contribution in [-0.2, 0) is 6.42 Å². The van der Waals surface area contributed by atoms with Crippen LogP contribution in [0.25, 0.3) is 0 Å². The fourth-order valence-electron chi connectivity index (χ4n) is 1.95. The molecule has 17 heavy (non-hydrogen) atoms. The van der Waals surface area contributed by atoms with E-state index in [2.05, 4.69) is 11.2 Å². The number of Topliss-reactive ketones (excluding diaryl/α,β-unsaturated/α-hetero) is 1. The number of aryl methyl sites for hydroxylation is 1. The van der Waals surface area contributed by atoms with Crippen molar-refractivity contribution in [1.29, 1.82) is 0 Å². The highest BCUT2D eigenvalue weighted by atomic mass is 16.5. The molecule has 3 heteroatoms. The molecule has 0 aromatic heterocycles. The number of hydrogen-bond donors (Lipinski definition) is 1. The zero-order chi connectivity index (χ0) is 12.1. The quantitative estimate of drug-likeness (QED) is 0.482. The van der Waals surface area contributed by atoms with E-state index in [-0.39, 0.29) is 12.3 Å². The summed E-state index contributed by atoms with van der Waals surface area (Å²) in [5.41, 5.74) is 1.78. The first kappa shape index (κ1) is 11.7. The number of rotatable bonds is 4. The van der Waals surface area contributed by atoms with Gasteiger partial charge in [-0.3, -0.25) is 10.1 Å². The average molecular weight is 229 g/mol. The molecule has 0 amide bonds. The van der Waals surface area contributed by atoms with Crippen molar-refractivity contribution >= 4 is 5.78 Å². The van der Waals surface area contributed by atoms with Crippen molar-refractivity contribution in [3.63, 3.8) is 0 Å². The summed E-state index contributed by atoms with van der Waals surface area (Å²) in [5, 5.41) is 2.90. The van der Waals surface area contributed by atoms with Crippen LogP contribution >= 0.6 is 0 Å². The molecule has 2 rings (SSSR count). The maximum absolute atomic E-state index is 12.0. The maximum Gasteiger partial charge on any atom is 0.180 e. The predicted molar refractivity (Wildman–Crippen MR) is 66.3 cm³/mol. The van der Waals surface area contributed by atoms with Crippen LogP contribution < -0.4 is 10.1 Å². The number of terminal acetylenes is 1. The fraction of sp³-hybridized carbons (Fsp3) is 0.357. The Morgan fingerprint density at radius 2 is 2.41 bits per heavy atom. The Morgan fingerprint density at radius 3 is 3.24 bits per heavy atom. The SMILES string of the molecule is C#CCNCC(=O)c1cccc2c1OCCC2. The second-order valence-electron chi connectivity index (χ2n) is 3.98. The number of carbonyl (C=O) groups is 1. The first-order valence-corrected chi connectivity index (χ1v) is 5.75. The van der Waals surface area contributed by atoms with Crippen LogP contribution in [0.4, 0.5) is 0 Å². The lowest BCUT2D eigenvalue weighted by Crippen LogP contribution is -2.24. The maximum atomic E-state index is 12.0. The summed E-state index contributed by atoms with van der Waals surface area (Å²) in [5.74, 6) is 3.22. The molecular weight excluding hydrogens is 214 g/mol. The van der Waals surface area contributed by atoms with Gasteiger partial charge in [0.05, 0.1) is 25.3 Å². The molecule has 1 heterocycles. The molecule has 3 nitrogen and oxygen atoms in total. The van der Waals surface area contributed by atoms with Gasteiger partial charge in [-0.05, 0) is 24.5 Å². The van der Waals surface area contributed by atoms with Gasteiger partial charge in [0.25, 0.3) is 0 Å². The minimum Gasteiger partial charge on any atom is -0.493 e. The number of benzene rings is 1. The van der Waals surface area contributed by atoms with Gasteiger partial charge in [-0.25, -0.2) is 0 Å². The van der Waals surface area contributed by atoms with Crippen molar-refractivity contribution < 1.29 is 9.53 Å². The second kappa shape index (κ2) is 5.51. The van der Waals surface area contributed by atoms with Crippen molar-refractivity contribution in [2.24, 2.45) is 0 Å². The van der Waals surface area contributed by atoms with Gasteiger partial charge in [-0.15, -0.1) is 6.42 Å². The lowest BCUT2D eigenvalue weighted by atomic mass is 10.00. The Labute approximate surface area is 101 Å². The molecule has 0 fully saturated rings. The molecule has 0 spiro atoms. The summed E-state index contributed by atoms with van der Waals surface area (Å²) in [4.78, 5) is 12.0. The Kier molecular flexibility index (Phi) is 3.79. The van der Waals surface area contributed by atoms with Crippen LogP contribution in [0.15, 0.2) is 18.2 Å². The van der Waals surface area contributed by atoms with Gasteiger partial charge < -0.3 is 4.74 Å². The van der Waals surface area contributed by atoms with Crippen molar-refractivity contribution in [3.05, 3.63) is 29.3 Å². The van der Waals surface area contributed by atoms with Gasteiger partial charge in [-0.2, -0.15) is 0 Å². The molecule has 1 N–H and O–H groups in total. The summed E-state index contributed by atoms with van der Waals surface area (Å²) >= 11 is 0. The summed E-state index contributed by atoms with van der Waals surface area (Å²) < 4.78 is 5.59. The van der Waals surface area contributed by atoms with E-state index in [1.54, 1.807) is 0 Å². The summed E-state index contributed by atoms with van der Waals surface area (Å²) in [6.07, 6.45) is 7.11. The standard InChI is InChI=1S/C14H15NO2/c1-2-8-15-10-13(16)12-7-3-5-11-6-4-9-17-14(11)12/h1,3,5,7,15H,4,6,8-10H2. The highest BCUT2D eigenvalue weighted by molar-refractivity contribution is 6.00. The number of nitrogens with one attached hydrogen (secondary N) is 1. The molecular formula is C14H15NO2. The zero-order valence-electron chi connectivity index (χ0n) is 9.66. The van der Waals surface area contributed by atoms with E-state index in [1.807, 2.05) is 18.2 Å². The Hall–Kier alpha value is -1.79. The Balaban J connectivity index is 2.15. The summed E-state index contributed by atoms with van der Waals surface area (Å²) in [6.45, 7) is 1.35. The van der Waals surface area contributed by atoms with E-state index in [0.717, 1.165) is 24.2 Å². The van der Waals surface area contributed by atoms with Gasteiger partial charge in [-0.1, -0.05) is 18.1 Å². The predicted octanol–water partition coefficient (Wildman–Crippen LogP) is 1.42. The minimum atomic E-state index is 0.0269. The number of ketones is 1. The highest BCUT2D eigenvalue weighted by Crippen LogP contribution is 2.28. The number of ether oxygens (including phenoxy) is 1. The monoisotopic (exact) mass is 229 g/mol. The van der Waals surface area contributed by atoms with Crippen molar-refractivity contribution in [2.45, 2.75) is 12.8 Å². The van der Waals surface area contributed by atoms with Crippen LogP contribution in [0.1, 0.15) is 22.3 Å². The molecule has 0 unspecified atom stereocenters. The topological polar surface area (TPSA) is 38.3 Å². The van der Waals surface area contributed by atoms with E-state index < -0.39 is 0 Å². The second-order valence-corrected chi connectivity index (χ2v) is 3.98. The van der Waals surface area contributed by atoms with E-state index >= 15 is 0 Å². The molecule has 1 aliphatic heterocycles.